The summed E-state index contributed by atoms with van der Waals surface area (Å²) in [5.41, 5.74) is 2.46. The minimum Gasteiger partial charge on any atom is -0.447 e. The fourth-order valence-electron chi connectivity index (χ4n) is 2.54. The predicted octanol–water partition coefficient (Wildman–Crippen LogP) is 2.93. The lowest BCUT2D eigenvalue weighted by atomic mass is 10.2. The summed E-state index contributed by atoms with van der Waals surface area (Å²) in [6, 6.07) is 8.17. The number of benzene rings is 1. The van der Waals surface area contributed by atoms with Gasteiger partial charge in [0.2, 0.25) is 5.89 Å². The zero-order valence-electron chi connectivity index (χ0n) is 16.1. The minimum atomic E-state index is -0.255. The number of nitrogens with one attached hydrogen (secondary N) is 1. The Hall–Kier alpha value is -2.65. The molecule has 0 saturated heterocycles. The van der Waals surface area contributed by atoms with Crippen molar-refractivity contribution >= 4 is 17.7 Å². The Morgan fingerprint density at radius 1 is 1.25 bits per heavy atom. The molecule has 1 amide bonds. The van der Waals surface area contributed by atoms with Crippen LogP contribution in [-0.4, -0.2) is 45.9 Å². The Balaban J connectivity index is 1.62. The van der Waals surface area contributed by atoms with Crippen molar-refractivity contribution in [3.63, 3.8) is 0 Å². The lowest BCUT2D eigenvalue weighted by Crippen LogP contribution is -2.25. The molecule has 0 spiro atoms. The molecule has 0 unspecified atom stereocenters. The molecule has 28 heavy (non-hydrogen) atoms. The Morgan fingerprint density at radius 2 is 2.04 bits per heavy atom. The molecular formula is C19H23N5O3S. The van der Waals surface area contributed by atoms with E-state index in [0.717, 1.165) is 23.1 Å². The molecule has 0 atom stereocenters. The molecule has 0 aliphatic heterocycles. The van der Waals surface area contributed by atoms with Crippen molar-refractivity contribution in [1.29, 1.82) is 0 Å². The van der Waals surface area contributed by atoms with E-state index in [-0.39, 0.29) is 11.6 Å². The quantitative estimate of drug-likeness (QED) is 0.435. The van der Waals surface area contributed by atoms with E-state index in [1.165, 1.54) is 23.6 Å². The van der Waals surface area contributed by atoms with Crippen LogP contribution in [0.5, 0.6) is 0 Å². The molecule has 0 bridgehead atoms. The highest BCUT2D eigenvalue weighted by Gasteiger charge is 2.15. The maximum absolute atomic E-state index is 12.1. The first-order chi connectivity index (χ1) is 13.6. The number of hydrogen-bond acceptors (Lipinski definition) is 7. The van der Waals surface area contributed by atoms with Crippen molar-refractivity contribution in [3.05, 3.63) is 53.5 Å². The van der Waals surface area contributed by atoms with E-state index in [4.69, 9.17) is 9.15 Å². The highest BCUT2D eigenvalue weighted by Crippen LogP contribution is 2.25. The fraction of sp³-hybridized carbons (Fsp3) is 0.368. The first-order valence-electron chi connectivity index (χ1n) is 8.92. The van der Waals surface area contributed by atoms with Gasteiger partial charge in [-0.15, -0.1) is 10.2 Å². The van der Waals surface area contributed by atoms with E-state index in [9.17, 15) is 4.79 Å². The van der Waals surface area contributed by atoms with E-state index in [0.29, 0.717) is 24.8 Å². The molecule has 0 saturated carbocycles. The molecule has 1 aromatic carbocycles. The van der Waals surface area contributed by atoms with Crippen LogP contribution in [0.1, 0.15) is 34.2 Å². The first-order valence-corrected chi connectivity index (χ1v) is 9.90. The van der Waals surface area contributed by atoms with Crippen LogP contribution in [0, 0.1) is 13.8 Å². The molecular weight excluding hydrogens is 378 g/mol. The Morgan fingerprint density at radius 3 is 2.79 bits per heavy atom. The Kier molecular flexibility index (Phi) is 6.83. The van der Waals surface area contributed by atoms with Crippen molar-refractivity contribution < 1.29 is 13.9 Å². The highest BCUT2D eigenvalue weighted by molar-refractivity contribution is 7.98. The average molecular weight is 401 g/mol. The molecule has 0 aliphatic carbocycles. The third-order valence-electron chi connectivity index (χ3n) is 4.01. The van der Waals surface area contributed by atoms with Crippen molar-refractivity contribution in [1.82, 2.24) is 25.1 Å². The second kappa shape index (κ2) is 9.52. The maximum atomic E-state index is 12.1. The second-order valence-electron chi connectivity index (χ2n) is 6.22. The minimum absolute atomic E-state index is 0.255. The molecule has 1 N–H and O–H groups in total. The van der Waals surface area contributed by atoms with Gasteiger partial charge in [-0.3, -0.25) is 9.36 Å². The lowest BCUT2D eigenvalue weighted by molar-refractivity contribution is 0.0943. The summed E-state index contributed by atoms with van der Waals surface area (Å²) in [5, 5.41) is 11.9. The number of methoxy groups -OCH3 is 1. The Bertz CT molecular complexity index is 920. The van der Waals surface area contributed by atoms with Gasteiger partial charge in [-0.2, -0.15) is 0 Å². The number of aryl methyl sites for hydroxylation is 2. The average Bonchev–Trinajstić information content (AvgIpc) is 3.31. The maximum Gasteiger partial charge on any atom is 0.273 e. The number of hydrogen-bond donors (Lipinski definition) is 1. The zero-order chi connectivity index (χ0) is 19.9. The SMILES string of the molecule is COCCCNC(=O)c1coc(CSc2nnc(C)n2-c2ccc(C)cc2)n1. The molecule has 0 aliphatic rings. The molecule has 3 rings (SSSR count). The summed E-state index contributed by atoms with van der Waals surface area (Å²) < 4.78 is 12.4. The summed E-state index contributed by atoms with van der Waals surface area (Å²) >= 11 is 1.45. The Labute approximate surface area is 167 Å². The van der Waals surface area contributed by atoms with Gasteiger partial charge in [-0.05, 0) is 32.4 Å². The third kappa shape index (κ3) is 4.99. The molecule has 0 radical (unpaired) electrons. The number of amides is 1. The van der Waals surface area contributed by atoms with Crippen LogP contribution < -0.4 is 5.32 Å². The largest absolute Gasteiger partial charge is 0.447 e. The van der Waals surface area contributed by atoms with Crippen LogP contribution in [-0.2, 0) is 10.5 Å². The number of carbonyl (C=O) groups excluding carboxylic acids is 1. The number of carbonyl (C=O) groups is 1. The van der Waals surface area contributed by atoms with Crippen LogP contribution in [0.3, 0.4) is 0 Å². The number of nitrogens with zero attached hydrogens (tertiary/aromatic N) is 4. The second-order valence-corrected chi connectivity index (χ2v) is 7.16. The van der Waals surface area contributed by atoms with Gasteiger partial charge in [-0.1, -0.05) is 29.5 Å². The molecule has 3 aromatic rings. The number of ether oxygens (including phenoxy) is 1. The summed E-state index contributed by atoms with van der Waals surface area (Å²) in [5.74, 6) is 1.45. The summed E-state index contributed by atoms with van der Waals surface area (Å²) in [4.78, 5) is 16.3. The monoisotopic (exact) mass is 401 g/mol. The van der Waals surface area contributed by atoms with Crippen LogP contribution >= 0.6 is 11.8 Å². The summed E-state index contributed by atoms with van der Waals surface area (Å²) in [6.07, 6.45) is 2.12. The number of oxazole rings is 1. The number of thioether (sulfide) groups is 1. The van der Waals surface area contributed by atoms with Crippen molar-refractivity contribution in [2.75, 3.05) is 20.3 Å². The smallest absolute Gasteiger partial charge is 0.273 e. The van der Waals surface area contributed by atoms with E-state index in [2.05, 4.69) is 32.6 Å². The lowest BCUT2D eigenvalue weighted by Gasteiger charge is -2.08. The number of aromatic nitrogens is 4. The zero-order valence-corrected chi connectivity index (χ0v) is 17.0. The first kappa shape index (κ1) is 20.1. The van der Waals surface area contributed by atoms with Crippen LogP contribution in [0.25, 0.3) is 5.69 Å². The van der Waals surface area contributed by atoms with E-state index < -0.39 is 0 Å². The summed E-state index contributed by atoms with van der Waals surface area (Å²) in [6.45, 7) is 5.09. The van der Waals surface area contributed by atoms with Gasteiger partial charge in [0.05, 0.1) is 5.75 Å². The van der Waals surface area contributed by atoms with E-state index in [1.54, 1.807) is 7.11 Å². The predicted molar refractivity (Wildman–Crippen MR) is 106 cm³/mol. The van der Waals surface area contributed by atoms with E-state index in [1.807, 2.05) is 30.5 Å². The van der Waals surface area contributed by atoms with Gasteiger partial charge in [0.15, 0.2) is 10.9 Å². The molecule has 2 heterocycles. The third-order valence-corrected chi connectivity index (χ3v) is 4.92. The van der Waals surface area contributed by atoms with Crippen LogP contribution in [0.2, 0.25) is 0 Å². The van der Waals surface area contributed by atoms with Crippen molar-refractivity contribution in [2.45, 2.75) is 31.2 Å². The fourth-order valence-corrected chi connectivity index (χ4v) is 3.39. The summed E-state index contributed by atoms with van der Waals surface area (Å²) in [7, 11) is 1.63. The van der Waals surface area contributed by atoms with Gasteiger partial charge in [0.25, 0.3) is 5.91 Å². The van der Waals surface area contributed by atoms with Gasteiger partial charge < -0.3 is 14.5 Å². The van der Waals surface area contributed by atoms with Crippen LogP contribution in [0.15, 0.2) is 40.1 Å². The topological polar surface area (TPSA) is 95.1 Å². The molecule has 9 heteroatoms. The molecule has 2 aromatic heterocycles. The molecule has 8 nitrogen and oxygen atoms in total. The van der Waals surface area contributed by atoms with Crippen molar-refractivity contribution in [3.8, 4) is 5.69 Å². The normalized spacial score (nSPS) is 11.0. The highest BCUT2D eigenvalue weighted by atomic mass is 32.2. The van der Waals surface area contributed by atoms with Crippen LogP contribution in [0.4, 0.5) is 0 Å². The molecule has 148 valence electrons. The standard InChI is InChI=1S/C19H23N5O3S/c1-13-5-7-15(8-6-13)24-14(2)22-23-19(24)28-12-17-21-16(11-27-17)18(25)20-9-4-10-26-3/h5-8,11H,4,9-10,12H2,1-3H3,(H,20,25). The van der Waals surface area contributed by atoms with Gasteiger partial charge in [0.1, 0.15) is 12.1 Å². The molecule has 0 fully saturated rings. The van der Waals surface area contributed by atoms with E-state index >= 15 is 0 Å². The van der Waals surface area contributed by atoms with Gasteiger partial charge in [-0.25, -0.2) is 4.98 Å². The van der Waals surface area contributed by atoms with Crippen molar-refractivity contribution in [2.24, 2.45) is 0 Å². The number of rotatable bonds is 9. The van der Waals surface area contributed by atoms with Gasteiger partial charge >= 0.3 is 0 Å². The van der Waals surface area contributed by atoms with Gasteiger partial charge in [0, 0.05) is 25.9 Å².